The lowest BCUT2D eigenvalue weighted by Gasteiger charge is -2.07. The molecule has 27 heavy (non-hydrogen) atoms. The van der Waals surface area contributed by atoms with E-state index in [4.69, 9.17) is 16.0 Å². The maximum atomic E-state index is 12.2. The number of nitrogens with one attached hydrogen (secondary N) is 2. The smallest absolute Gasteiger partial charge is 0.251 e. The van der Waals surface area contributed by atoms with Crippen LogP contribution in [0.25, 0.3) is 0 Å². The van der Waals surface area contributed by atoms with Crippen molar-refractivity contribution < 1.29 is 14.0 Å². The van der Waals surface area contributed by atoms with Gasteiger partial charge in [0.15, 0.2) is 0 Å². The van der Waals surface area contributed by atoms with Gasteiger partial charge in [-0.1, -0.05) is 23.7 Å². The number of carbonyl (C=O) groups is 2. The molecule has 0 aliphatic heterocycles. The van der Waals surface area contributed by atoms with Crippen molar-refractivity contribution >= 4 is 23.4 Å². The number of benzene rings is 2. The first-order valence-corrected chi connectivity index (χ1v) is 8.93. The highest BCUT2D eigenvalue weighted by atomic mass is 35.5. The van der Waals surface area contributed by atoms with E-state index in [1.54, 1.807) is 42.7 Å². The Balaban J connectivity index is 1.47. The summed E-state index contributed by atoms with van der Waals surface area (Å²) in [5, 5.41) is 6.32. The molecule has 0 spiro atoms. The Bertz CT molecular complexity index is 888. The first kappa shape index (κ1) is 18.7. The van der Waals surface area contributed by atoms with Gasteiger partial charge in [-0.2, -0.15) is 0 Å². The summed E-state index contributed by atoms with van der Waals surface area (Å²) >= 11 is 5.85. The van der Waals surface area contributed by atoms with Crippen LogP contribution in [-0.4, -0.2) is 18.4 Å². The zero-order valence-electron chi connectivity index (χ0n) is 14.6. The second-order valence-corrected chi connectivity index (χ2v) is 6.41. The third kappa shape index (κ3) is 5.46. The summed E-state index contributed by atoms with van der Waals surface area (Å²) in [6.07, 6.45) is 2.28. The number of hydrogen-bond acceptors (Lipinski definition) is 3. The molecule has 1 aromatic heterocycles. The van der Waals surface area contributed by atoms with Crippen molar-refractivity contribution in [3.63, 3.8) is 0 Å². The molecule has 2 aromatic carbocycles. The van der Waals surface area contributed by atoms with E-state index in [1.807, 2.05) is 24.3 Å². The predicted molar refractivity (Wildman–Crippen MR) is 104 cm³/mol. The normalized spacial score (nSPS) is 10.4. The minimum Gasteiger partial charge on any atom is -0.467 e. The number of rotatable bonds is 7. The Morgan fingerprint density at radius 2 is 1.48 bits per heavy atom. The van der Waals surface area contributed by atoms with Crippen molar-refractivity contribution in [1.29, 1.82) is 0 Å². The van der Waals surface area contributed by atoms with E-state index < -0.39 is 0 Å². The molecule has 5 nitrogen and oxygen atoms in total. The fourth-order valence-corrected chi connectivity index (χ4v) is 2.66. The lowest BCUT2D eigenvalue weighted by molar-refractivity contribution is 0.0939. The van der Waals surface area contributed by atoms with Gasteiger partial charge in [0, 0.05) is 22.7 Å². The third-order valence-corrected chi connectivity index (χ3v) is 4.28. The number of hydrogen-bond donors (Lipinski definition) is 2. The van der Waals surface area contributed by atoms with Crippen LogP contribution in [-0.2, 0) is 13.0 Å². The maximum absolute atomic E-state index is 12.2. The first-order valence-electron chi connectivity index (χ1n) is 8.55. The van der Waals surface area contributed by atoms with Gasteiger partial charge in [0.05, 0.1) is 12.8 Å². The number of carbonyl (C=O) groups excluding carboxylic acids is 2. The lowest BCUT2D eigenvalue weighted by atomic mass is 10.1. The van der Waals surface area contributed by atoms with E-state index in [0.29, 0.717) is 35.0 Å². The molecule has 0 bridgehead atoms. The molecule has 0 saturated heterocycles. The molecule has 138 valence electrons. The fraction of sp³-hybridized carbons (Fsp3) is 0.143. The first-order chi connectivity index (χ1) is 13.1. The van der Waals surface area contributed by atoms with Gasteiger partial charge in [-0.25, -0.2) is 0 Å². The highest BCUT2D eigenvalue weighted by Gasteiger charge is 2.09. The van der Waals surface area contributed by atoms with Gasteiger partial charge in [-0.15, -0.1) is 0 Å². The SMILES string of the molecule is O=C(NCCc1ccc(Cl)cc1)c1ccc(C(=O)NCc2ccco2)cc1. The Kier molecular flexibility index (Phi) is 6.28. The van der Waals surface area contributed by atoms with Gasteiger partial charge in [0.1, 0.15) is 5.76 Å². The summed E-state index contributed by atoms with van der Waals surface area (Å²) in [5.74, 6) is 0.285. The molecule has 3 aromatic rings. The summed E-state index contributed by atoms with van der Waals surface area (Å²) in [6.45, 7) is 0.838. The predicted octanol–water partition coefficient (Wildman–Crippen LogP) is 3.84. The molecule has 0 saturated carbocycles. The average Bonchev–Trinajstić information content (AvgIpc) is 3.21. The Morgan fingerprint density at radius 3 is 2.07 bits per heavy atom. The minimum atomic E-state index is -0.221. The van der Waals surface area contributed by atoms with Gasteiger partial charge in [-0.3, -0.25) is 9.59 Å². The molecule has 0 atom stereocenters. The summed E-state index contributed by atoms with van der Waals surface area (Å²) in [4.78, 5) is 24.3. The van der Waals surface area contributed by atoms with Crippen LogP contribution in [0.3, 0.4) is 0 Å². The Hall–Kier alpha value is -3.05. The monoisotopic (exact) mass is 382 g/mol. The minimum absolute atomic E-state index is 0.175. The van der Waals surface area contributed by atoms with Crippen molar-refractivity contribution in [3.05, 3.63) is 94.4 Å². The van der Waals surface area contributed by atoms with E-state index in [2.05, 4.69) is 10.6 Å². The quantitative estimate of drug-likeness (QED) is 0.652. The average molecular weight is 383 g/mol. The van der Waals surface area contributed by atoms with Crippen LogP contribution in [0.2, 0.25) is 5.02 Å². The second kappa shape index (κ2) is 9.05. The Labute approximate surface area is 162 Å². The van der Waals surface area contributed by atoms with Crippen LogP contribution in [0.4, 0.5) is 0 Å². The fourth-order valence-electron chi connectivity index (χ4n) is 2.53. The van der Waals surface area contributed by atoms with Crippen LogP contribution in [0, 0.1) is 0 Å². The lowest BCUT2D eigenvalue weighted by Crippen LogP contribution is -2.26. The highest BCUT2D eigenvalue weighted by Crippen LogP contribution is 2.10. The van der Waals surface area contributed by atoms with Crippen molar-refractivity contribution in [3.8, 4) is 0 Å². The Morgan fingerprint density at radius 1 is 0.852 bits per heavy atom. The van der Waals surface area contributed by atoms with Crippen molar-refractivity contribution in [1.82, 2.24) is 10.6 Å². The van der Waals surface area contributed by atoms with Gasteiger partial charge in [-0.05, 0) is 60.5 Å². The van der Waals surface area contributed by atoms with E-state index >= 15 is 0 Å². The molecular weight excluding hydrogens is 364 g/mol. The van der Waals surface area contributed by atoms with Gasteiger partial charge in [0.25, 0.3) is 11.8 Å². The van der Waals surface area contributed by atoms with E-state index in [1.165, 1.54) is 0 Å². The summed E-state index contributed by atoms with van der Waals surface area (Å²) in [7, 11) is 0. The van der Waals surface area contributed by atoms with Gasteiger partial charge in [0.2, 0.25) is 0 Å². The molecule has 1 heterocycles. The zero-order valence-corrected chi connectivity index (χ0v) is 15.3. The number of halogens is 1. The van der Waals surface area contributed by atoms with E-state index in [9.17, 15) is 9.59 Å². The van der Waals surface area contributed by atoms with E-state index in [0.717, 1.165) is 12.0 Å². The molecule has 2 amide bonds. The molecular formula is C21H19ClN2O3. The molecule has 0 fully saturated rings. The van der Waals surface area contributed by atoms with E-state index in [-0.39, 0.29) is 11.8 Å². The molecule has 0 unspecified atom stereocenters. The van der Waals surface area contributed by atoms with Gasteiger partial charge < -0.3 is 15.1 Å². The van der Waals surface area contributed by atoms with Crippen molar-refractivity contribution in [2.45, 2.75) is 13.0 Å². The van der Waals surface area contributed by atoms with Crippen LogP contribution in [0.15, 0.2) is 71.3 Å². The standard InChI is InChI=1S/C21H19ClN2O3/c22-18-9-3-15(4-10-18)11-12-23-20(25)16-5-7-17(8-6-16)21(26)24-14-19-2-1-13-27-19/h1-10,13H,11-12,14H2,(H,23,25)(H,24,26). The van der Waals surface area contributed by atoms with Gasteiger partial charge >= 0.3 is 0 Å². The second-order valence-electron chi connectivity index (χ2n) is 5.97. The summed E-state index contributed by atoms with van der Waals surface area (Å²) in [5.41, 5.74) is 2.09. The molecule has 3 rings (SSSR count). The highest BCUT2D eigenvalue weighted by molar-refractivity contribution is 6.30. The molecule has 2 N–H and O–H groups in total. The van der Waals surface area contributed by atoms with Crippen LogP contribution < -0.4 is 10.6 Å². The van der Waals surface area contributed by atoms with Crippen LogP contribution in [0.1, 0.15) is 32.0 Å². The van der Waals surface area contributed by atoms with Crippen molar-refractivity contribution in [2.75, 3.05) is 6.54 Å². The molecule has 6 heteroatoms. The maximum Gasteiger partial charge on any atom is 0.251 e. The topological polar surface area (TPSA) is 71.3 Å². The largest absolute Gasteiger partial charge is 0.467 e. The third-order valence-electron chi connectivity index (χ3n) is 4.03. The van der Waals surface area contributed by atoms with Crippen molar-refractivity contribution in [2.24, 2.45) is 0 Å². The number of amides is 2. The number of furan rings is 1. The summed E-state index contributed by atoms with van der Waals surface area (Å²) < 4.78 is 5.17. The van der Waals surface area contributed by atoms with Crippen LogP contribution in [0.5, 0.6) is 0 Å². The zero-order chi connectivity index (χ0) is 19.1. The van der Waals surface area contributed by atoms with Crippen LogP contribution >= 0.6 is 11.6 Å². The molecule has 0 aliphatic rings. The molecule has 0 radical (unpaired) electrons. The molecule has 0 aliphatic carbocycles. The summed E-state index contributed by atoms with van der Waals surface area (Å²) in [6, 6.07) is 17.6.